The van der Waals surface area contributed by atoms with Crippen molar-refractivity contribution < 1.29 is 14.3 Å². The lowest BCUT2D eigenvalue weighted by Gasteiger charge is -2.14. The van der Waals surface area contributed by atoms with Gasteiger partial charge in [-0.1, -0.05) is 24.3 Å². The van der Waals surface area contributed by atoms with Crippen LogP contribution in [0.25, 0.3) is 0 Å². The van der Waals surface area contributed by atoms with Gasteiger partial charge in [-0.15, -0.1) is 0 Å². The Morgan fingerprint density at radius 2 is 1.89 bits per heavy atom. The minimum absolute atomic E-state index is 0.140. The molecule has 0 bridgehead atoms. The summed E-state index contributed by atoms with van der Waals surface area (Å²) in [6.45, 7) is 3.41. The first-order chi connectivity index (χ1) is 13.6. The number of hydrogen-bond acceptors (Lipinski definition) is 4. The first-order valence-electron chi connectivity index (χ1n) is 9.19. The molecular weight excluding hydrogens is 356 g/mol. The number of aliphatic imine (C=N–C) groups is 1. The van der Waals surface area contributed by atoms with E-state index in [9.17, 15) is 4.79 Å². The second-order valence-corrected chi connectivity index (χ2v) is 6.08. The normalized spacial score (nSPS) is 10.9. The molecule has 0 saturated heterocycles. The summed E-state index contributed by atoms with van der Waals surface area (Å²) in [5.41, 5.74) is 1.65. The average Bonchev–Trinajstić information content (AvgIpc) is 2.70. The monoisotopic (exact) mass is 384 g/mol. The number of benzene rings is 2. The summed E-state index contributed by atoms with van der Waals surface area (Å²) in [4.78, 5) is 15.6. The number of carbonyl (C=O) groups excluding carboxylic acids is 1. The predicted octanol–water partition coefficient (Wildman–Crippen LogP) is 2.79. The van der Waals surface area contributed by atoms with E-state index >= 15 is 0 Å². The molecule has 0 unspecified atom stereocenters. The molecule has 2 aromatic carbocycles. The zero-order valence-electron chi connectivity index (χ0n) is 16.6. The second-order valence-electron chi connectivity index (χ2n) is 6.08. The van der Waals surface area contributed by atoms with Crippen molar-refractivity contribution in [1.29, 1.82) is 0 Å². The third-order valence-corrected chi connectivity index (χ3v) is 3.88. The molecule has 0 aliphatic heterocycles. The third kappa shape index (κ3) is 7.19. The molecule has 0 aromatic heterocycles. The Hall–Kier alpha value is -3.22. The molecule has 0 heterocycles. The van der Waals surface area contributed by atoms with Crippen molar-refractivity contribution in [3.8, 4) is 11.5 Å². The SMILES string of the molecule is CN=C(NCCCOc1ccccc1)NCc1ccc(OC)c(NC(C)=O)c1. The van der Waals surface area contributed by atoms with Gasteiger partial charge >= 0.3 is 0 Å². The highest BCUT2D eigenvalue weighted by atomic mass is 16.5. The highest BCUT2D eigenvalue weighted by Crippen LogP contribution is 2.25. The highest BCUT2D eigenvalue weighted by Gasteiger charge is 2.06. The molecule has 7 nitrogen and oxygen atoms in total. The second kappa shape index (κ2) is 11.5. The van der Waals surface area contributed by atoms with Crippen LogP contribution < -0.4 is 25.4 Å². The molecule has 0 spiro atoms. The molecule has 7 heteroatoms. The van der Waals surface area contributed by atoms with Crippen LogP contribution in [0, 0.1) is 0 Å². The summed E-state index contributed by atoms with van der Waals surface area (Å²) in [5, 5.41) is 9.29. The van der Waals surface area contributed by atoms with Crippen LogP contribution in [0.5, 0.6) is 11.5 Å². The van der Waals surface area contributed by atoms with Crippen LogP contribution in [-0.4, -0.2) is 39.2 Å². The molecule has 150 valence electrons. The van der Waals surface area contributed by atoms with Crippen molar-refractivity contribution in [2.75, 3.05) is 32.6 Å². The van der Waals surface area contributed by atoms with Crippen molar-refractivity contribution in [2.24, 2.45) is 4.99 Å². The van der Waals surface area contributed by atoms with Gasteiger partial charge in [0.2, 0.25) is 5.91 Å². The van der Waals surface area contributed by atoms with Crippen LogP contribution in [-0.2, 0) is 11.3 Å². The van der Waals surface area contributed by atoms with Crippen molar-refractivity contribution >= 4 is 17.6 Å². The summed E-state index contributed by atoms with van der Waals surface area (Å²) in [6.07, 6.45) is 0.852. The van der Waals surface area contributed by atoms with Crippen LogP contribution in [0.4, 0.5) is 5.69 Å². The van der Waals surface area contributed by atoms with Gasteiger partial charge in [0.05, 0.1) is 19.4 Å². The quantitative estimate of drug-likeness (QED) is 0.352. The zero-order chi connectivity index (χ0) is 20.2. The van der Waals surface area contributed by atoms with Gasteiger partial charge in [-0.05, 0) is 36.2 Å². The number of ether oxygens (including phenoxy) is 2. The van der Waals surface area contributed by atoms with Gasteiger partial charge in [-0.3, -0.25) is 9.79 Å². The van der Waals surface area contributed by atoms with Gasteiger partial charge in [0.15, 0.2) is 5.96 Å². The number of hydrogen-bond donors (Lipinski definition) is 3. The van der Waals surface area contributed by atoms with Gasteiger partial charge in [0, 0.05) is 27.1 Å². The molecule has 2 aromatic rings. The molecule has 0 aliphatic rings. The molecule has 0 saturated carbocycles. The third-order valence-electron chi connectivity index (χ3n) is 3.88. The lowest BCUT2D eigenvalue weighted by atomic mass is 10.2. The zero-order valence-corrected chi connectivity index (χ0v) is 16.6. The Labute approximate surface area is 166 Å². The lowest BCUT2D eigenvalue weighted by molar-refractivity contribution is -0.114. The molecule has 28 heavy (non-hydrogen) atoms. The van der Waals surface area contributed by atoms with Crippen LogP contribution in [0.3, 0.4) is 0 Å². The fraction of sp³-hybridized carbons (Fsp3) is 0.333. The number of carbonyl (C=O) groups is 1. The fourth-order valence-corrected chi connectivity index (χ4v) is 2.54. The molecule has 0 aliphatic carbocycles. The largest absolute Gasteiger partial charge is 0.495 e. The maximum atomic E-state index is 11.3. The van der Waals surface area contributed by atoms with Gasteiger partial charge in [-0.2, -0.15) is 0 Å². The van der Waals surface area contributed by atoms with E-state index in [1.165, 1.54) is 6.92 Å². The minimum atomic E-state index is -0.140. The Bertz CT molecular complexity index is 778. The van der Waals surface area contributed by atoms with Crippen molar-refractivity contribution in [1.82, 2.24) is 10.6 Å². The molecule has 0 radical (unpaired) electrons. The van der Waals surface area contributed by atoms with Gasteiger partial charge < -0.3 is 25.4 Å². The Morgan fingerprint density at radius 1 is 1.11 bits per heavy atom. The van der Waals surface area contributed by atoms with E-state index in [0.717, 1.165) is 24.3 Å². The van der Waals surface area contributed by atoms with E-state index in [1.54, 1.807) is 14.2 Å². The van der Waals surface area contributed by atoms with E-state index in [4.69, 9.17) is 9.47 Å². The Morgan fingerprint density at radius 3 is 2.57 bits per heavy atom. The highest BCUT2D eigenvalue weighted by molar-refractivity contribution is 5.90. The number of amides is 1. The van der Waals surface area contributed by atoms with E-state index < -0.39 is 0 Å². The van der Waals surface area contributed by atoms with Crippen LogP contribution in [0.1, 0.15) is 18.9 Å². The first kappa shape index (κ1) is 21.1. The van der Waals surface area contributed by atoms with E-state index in [-0.39, 0.29) is 5.91 Å². The molecule has 0 atom stereocenters. The Balaban J connectivity index is 1.76. The number of nitrogens with one attached hydrogen (secondary N) is 3. The van der Waals surface area contributed by atoms with Crippen LogP contribution in [0.2, 0.25) is 0 Å². The smallest absolute Gasteiger partial charge is 0.221 e. The predicted molar refractivity (Wildman–Crippen MR) is 112 cm³/mol. The van der Waals surface area contributed by atoms with Crippen LogP contribution in [0.15, 0.2) is 53.5 Å². The van der Waals surface area contributed by atoms with E-state index in [0.29, 0.717) is 30.5 Å². The molecule has 2 rings (SSSR count). The number of para-hydroxylation sites is 1. The molecule has 3 N–H and O–H groups in total. The number of nitrogens with zero attached hydrogens (tertiary/aromatic N) is 1. The molecular formula is C21H28N4O3. The van der Waals surface area contributed by atoms with Crippen molar-refractivity contribution in [3.05, 3.63) is 54.1 Å². The maximum Gasteiger partial charge on any atom is 0.221 e. The number of rotatable bonds is 9. The average molecular weight is 384 g/mol. The molecule has 0 fully saturated rings. The van der Waals surface area contributed by atoms with E-state index in [1.807, 2.05) is 48.5 Å². The lowest BCUT2D eigenvalue weighted by Crippen LogP contribution is -2.37. The van der Waals surface area contributed by atoms with E-state index in [2.05, 4.69) is 20.9 Å². The number of guanidine groups is 1. The Kier molecular flexibility index (Phi) is 8.65. The van der Waals surface area contributed by atoms with Gasteiger partial charge in [-0.25, -0.2) is 0 Å². The summed E-state index contributed by atoms with van der Waals surface area (Å²) in [6, 6.07) is 15.4. The first-order valence-corrected chi connectivity index (χ1v) is 9.19. The van der Waals surface area contributed by atoms with Gasteiger partial charge in [0.25, 0.3) is 0 Å². The summed E-state index contributed by atoms with van der Waals surface area (Å²) in [5.74, 6) is 2.06. The van der Waals surface area contributed by atoms with Crippen LogP contribution >= 0.6 is 0 Å². The summed E-state index contributed by atoms with van der Waals surface area (Å²) in [7, 11) is 3.30. The number of methoxy groups -OCH3 is 1. The van der Waals surface area contributed by atoms with Gasteiger partial charge in [0.1, 0.15) is 11.5 Å². The standard InChI is InChI=1S/C21H28N4O3/c1-16(26)25-19-14-17(10-11-20(19)27-3)15-24-21(22-2)23-12-7-13-28-18-8-5-4-6-9-18/h4-6,8-11,14H,7,12-13,15H2,1-3H3,(H,25,26)(H2,22,23,24). The maximum absolute atomic E-state index is 11.3. The minimum Gasteiger partial charge on any atom is -0.495 e. The molecule has 1 amide bonds. The fourth-order valence-electron chi connectivity index (χ4n) is 2.54. The van der Waals surface area contributed by atoms with Crippen molar-refractivity contribution in [2.45, 2.75) is 19.9 Å². The topological polar surface area (TPSA) is 84.0 Å². The number of anilines is 1. The summed E-state index contributed by atoms with van der Waals surface area (Å²) < 4.78 is 10.9. The summed E-state index contributed by atoms with van der Waals surface area (Å²) >= 11 is 0. The van der Waals surface area contributed by atoms with Crippen molar-refractivity contribution in [3.63, 3.8) is 0 Å².